The number of hydrogen-bond donors (Lipinski definition) is 0. The van der Waals surface area contributed by atoms with Crippen molar-refractivity contribution in [3.63, 3.8) is 0 Å². The first-order valence-corrected chi connectivity index (χ1v) is 41.2. The van der Waals surface area contributed by atoms with Crippen LogP contribution in [0.3, 0.4) is 0 Å². The van der Waals surface area contributed by atoms with Gasteiger partial charge in [-0.3, -0.25) is 0 Å². The lowest BCUT2D eigenvalue weighted by molar-refractivity contribution is -0.140. The van der Waals surface area contributed by atoms with Crippen LogP contribution in [0, 0.1) is 46.5 Å². The van der Waals surface area contributed by atoms with Gasteiger partial charge >= 0.3 is 59.7 Å². The van der Waals surface area contributed by atoms with Gasteiger partial charge in [-0.15, -0.1) is 0 Å². The molecule has 34 heteroatoms. The molecular weight excluding hydrogens is 1850 g/mol. The molecule has 10 aromatic carbocycles. The number of ether oxygens (including phenoxy) is 16. The Morgan fingerprint density at radius 2 is 0.553 bits per heavy atom. The molecule has 0 aliphatic rings. The average molecular weight is 1950 g/mol. The second-order valence-electron chi connectivity index (χ2n) is 30.2. The van der Waals surface area contributed by atoms with Crippen molar-refractivity contribution in [2.75, 3.05) is 48.8 Å². The van der Waals surface area contributed by atoms with Crippen LogP contribution in [0.1, 0.15) is 69.2 Å². The van der Waals surface area contributed by atoms with Crippen LogP contribution in [0.5, 0.6) is 86.2 Å². The molecule has 0 saturated carbocycles. The number of halogens is 8. The minimum atomic E-state index is -1.40. The van der Waals surface area contributed by atoms with Crippen LogP contribution in [0.2, 0.25) is 0 Å². The first-order valence-electron chi connectivity index (χ1n) is 41.2. The molecule has 736 valence electrons. The molecule has 0 radical (unpaired) electrons. The highest BCUT2D eigenvalue weighted by Crippen LogP contribution is 2.44. The molecule has 0 unspecified atom stereocenters. The van der Waals surface area contributed by atoms with Crippen molar-refractivity contribution >= 4 is 59.7 Å². The third kappa shape index (κ3) is 32.1. The van der Waals surface area contributed by atoms with Gasteiger partial charge in [-0.25, -0.2) is 78.7 Å². The van der Waals surface area contributed by atoms with Crippen molar-refractivity contribution < 1.29 is 159 Å². The number of rotatable bonds is 33. The third-order valence-corrected chi connectivity index (χ3v) is 18.2. The molecular formula is C107H96F8O26. The standard InChI is InChI=1S/C23H23FO6.C21H16F4O5.3C21H19FO5/c1-14(2)22(25)29-11-10-28-16-6-8-18(20(24)12-16)19-9-7-17(13-21(19)27-5)30-23(26)15(3)4;1-9(2)20(26)29-18-13(22)6-11(7-14(18)23)12-8-15(24)19(16(25)17(12)28-5)30-21(27)10(3)4;1-12(2)20(23)26-15-7-8-16(17(22)11-15)14-6-9-18(19(10-14)25-5)27-21(24)13(3)4;1-12(2)20(23)26-15-7-8-16(19(11-15)25-5)14-6-9-18(17(22)10-14)27-21(24)13(3)4;1-12(2)20(23)26-15-8-6-14(7-9-15)19-17(22)10-16(11-18(19)25-5)27-21(24)13(3)4/h6-9,12-13H,1,3,10-11H2,2,4-5H3;6-8H,1,3H2,2,4-5H3;3*6-11H,1,3H2,2,4-5H3. The SMILES string of the molecule is C=C(C)C(=O)OCCOc1ccc(-c2ccc(OC(=O)C(=C)C)cc2OC)c(F)c1.C=C(C)C(=O)Oc1c(F)cc(-c2cc(F)c(OC(=O)C(=C)C)c(F)c2OC)cc1F.C=C(C)C(=O)Oc1ccc(-c2c(F)cc(OC(=O)C(=C)C)cc2OC)cc1.C=C(C)C(=O)Oc1ccc(-c2ccc(OC(=O)C(=C)C)c(F)c2)c(OC)c1.C=C(C)C(=O)Oc1ccc(-c2ccc(OC(=O)C(=C)C)c(OC)c2)c(F)c1. The molecule has 0 bridgehead atoms. The summed E-state index contributed by atoms with van der Waals surface area (Å²) in [6, 6.07) is 37.3. The van der Waals surface area contributed by atoms with Crippen LogP contribution in [-0.2, 0) is 52.7 Å². The summed E-state index contributed by atoms with van der Waals surface area (Å²) in [6.45, 7) is 49.4. The van der Waals surface area contributed by atoms with Crippen molar-refractivity contribution in [1.82, 2.24) is 0 Å². The Morgan fingerprint density at radius 3 is 1.00 bits per heavy atom. The van der Waals surface area contributed by atoms with E-state index in [0.717, 1.165) is 19.2 Å². The Hall–Kier alpha value is -17.5. The minimum absolute atomic E-state index is 0.00751. The van der Waals surface area contributed by atoms with Gasteiger partial charge in [0.2, 0.25) is 17.3 Å². The van der Waals surface area contributed by atoms with Crippen molar-refractivity contribution in [2.45, 2.75) is 69.2 Å². The zero-order valence-corrected chi connectivity index (χ0v) is 79.2. The summed E-state index contributed by atoms with van der Waals surface area (Å²) in [5, 5.41) is 0. The van der Waals surface area contributed by atoms with Gasteiger partial charge in [-0.05, 0) is 195 Å². The summed E-state index contributed by atoms with van der Waals surface area (Å²) in [5.41, 5.74) is 4.27. The van der Waals surface area contributed by atoms with Gasteiger partial charge in [-0.2, -0.15) is 4.39 Å². The van der Waals surface area contributed by atoms with E-state index in [0.29, 0.717) is 68.8 Å². The Bertz CT molecular complexity index is 6640. The van der Waals surface area contributed by atoms with Gasteiger partial charge in [0.25, 0.3) is 0 Å². The minimum Gasteiger partial charge on any atom is -0.496 e. The molecule has 0 aliphatic heterocycles. The maximum atomic E-state index is 14.7. The van der Waals surface area contributed by atoms with E-state index >= 15 is 0 Å². The monoisotopic (exact) mass is 1950 g/mol. The molecule has 0 saturated heterocycles. The van der Waals surface area contributed by atoms with E-state index in [4.69, 9.17) is 66.3 Å². The molecule has 0 heterocycles. The fourth-order valence-electron chi connectivity index (χ4n) is 11.0. The molecule has 0 fully saturated rings. The Kier molecular flexibility index (Phi) is 41.4. The summed E-state index contributed by atoms with van der Waals surface area (Å²) in [7, 11) is 6.70. The van der Waals surface area contributed by atoms with E-state index in [1.54, 1.807) is 87.5 Å². The lowest BCUT2D eigenvalue weighted by Gasteiger charge is -2.15. The predicted molar refractivity (Wildman–Crippen MR) is 507 cm³/mol. The maximum absolute atomic E-state index is 14.7. The van der Waals surface area contributed by atoms with E-state index in [9.17, 15) is 83.1 Å². The average Bonchev–Trinajstić information content (AvgIpc) is 0.768. The highest BCUT2D eigenvalue weighted by molar-refractivity contribution is 5.95. The van der Waals surface area contributed by atoms with E-state index < -0.39 is 123 Å². The molecule has 10 aromatic rings. The van der Waals surface area contributed by atoms with Crippen LogP contribution in [0.15, 0.2) is 285 Å². The molecule has 141 heavy (non-hydrogen) atoms. The topological polar surface area (TPSA) is 318 Å². The largest absolute Gasteiger partial charge is 0.496 e. The number of benzene rings is 10. The number of esters is 10. The highest BCUT2D eigenvalue weighted by atomic mass is 19.2. The zero-order chi connectivity index (χ0) is 105. The van der Waals surface area contributed by atoms with Crippen molar-refractivity contribution in [3.05, 3.63) is 332 Å². The molecule has 0 amide bonds. The number of carbonyl (C=O) groups excluding carboxylic acids is 10. The molecule has 0 aromatic heterocycles. The van der Waals surface area contributed by atoms with Crippen LogP contribution < -0.4 is 71.1 Å². The molecule has 26 nitrogen and oxygen atoms in total. The zero-order valence-electron chi connectivity index (χ0n) is 79.2. The van der Waals surface area contributed by atoms with Crippen molar-refractivity contribution in [3.8, 4) is 142 Å². The first-order chi connectivity index (χ1) is 66.4. The van der Waals surface area contributed by atoms with Crippen molar-refractivity contribution in [1.29, 1.82) is 0 Å². The van der Waals surface area contributed by atoms with E-state index in [1.807, 2.05) is 0 Å². The number of carbonyl (C=O) groups is 10. The van der Waals surface area contributed by atoms with Gasteiger partial charge in [0.15, 0.2) is 46.3 Å². The Labute approximate surface area is 806 Å². The van der Waals surface area contributed by atoms with E-state index in [-0.39, 0.29) is 143 Å². The summed E-state index contributed by atoms with van der Waals surface area (Å²) >= 11 is 0. The maximum Gasteiger partial charge on any atom is 0.338 e. The highest BCUT2D eigenvalue weighted by Gasteiger charge is 2.29. The van der Waals surface area contributed by atoms with E-state index in [2.05, 4.69) is 75.3 Å². The number of hydrogen-bond acceptors (Lipinski definition) is 26. The van der Waals surface area contributed by atoms with Crippen LogP contribution in [0.25, 0.3) is 55.6 Å². The molecule has 0 N–H and O–H groups in total. The molecule has 0 aliphatic carbocycles. The third-order valence-electron chi connectivity index (χ3n) is 18.2. The van der Waals surface area contributed by atoms with Crippen LogP contribution >= 0.6 is 0 Å². The normalized spacial score (nSPS) is 10.1. The molecule has 10 rings (SSSR count). The predicted octanol–water partition coefficient (Wildman–Crippen LogP) is 22.8. The molecule has 0 spiro atoms. The van der Waals surface area contributed by atoms with E-state index in [1.165, 1.54) is 144 Å². The van der Waals surface area contributed by atoms with Gasteiger partial charge in [-0.1, -0.05) is 90.1 Å². The lowest BCUT2D eigenvalue weighted by atomic mass is 10.0. The molecule has 0 atom stereocenters. The Balaban J connectivity index is 0.000000270. The summed E-state index contributed by atoms with van der Waals surface area (Å²) < 4.78 is 197. The van der Waals surface area contributed by atoms with Gasteiger partial charge in [0.05, 0.1) is 41.1 Å². The van der Waals surface area contributed by atoms with Crippen molar-refractivity contribution in [2.24, 2.45) is 0 Å². The number of methoxy groups -OCH3 is 5. The quantitative estimate of drug-likeness (QED) is 0.0121. The fourth-order valence-corrected chi connectivity index (χ4v) is 11.0. The second kappa shape index (κ2) is 52.0. The van der Waals surface area contributed by atoms with Crippen LogP contribution in [-0.4, -0.2) is 108 Å². The lowest BCUT2D eigenvalue weighted by Crippen LogP contribution is -2.12. The Morgan fingerprint density at radius 1 is 0.220 bits per heavy atom. The van der Waals surface area contributed by atoms with Crippen LogP contribution in [0.4, 0.5) is 35.1 Å². The summed E-state index contributed by atoms with van der Waals surface area (Å²) in [5.74, 6) is -15.0. The van der Waals surface area contributed by atoms with Gasteiger partial charge in [0, 0.05) is 120 Å². The smallest absolute Gasteiger partial charge is 0.338 e. The van der Waals surface area contributed by atoms with Gasteiger partial charge in [0.1, 0.15) is 82.4 Å². The summed E-state index contributed by atoms with van der Waals surface area (Å²) in [6.07, 6.45) is 0. The summed E-state index contributed by atoms with van der Waals surface area (Å²) in [4.78, 5) is 116. The fraction of sp³-hybridized carbons (Fsp3) is 0.159. The van der Waals surface area contributed by atoms with Gasteiger partial charge < -0.3 is 75.8 Å². The first kappa shape index (κ1) is 112. The second-order valence-corrected chi connectivity index (χ2v) is 30.2.